The number of benzene rings is 1. The van der Waals surface area contributed by atoms with E-state index in [1.807, 2.05) is 0 Å². The SMILES string of the molecule is Cc1ccc(OC2CCOC2=O)c(F)c1. The summed E-state index contributed by atoms with van der Waals surface area (Å²) >= 11 is 0. The van der Waals surface area contributed by atoms with Gasteiger partial charge in [0.1, 0.15) is 0 Å². The van der Waals surface area contributed by atoms with Crippen LogP contribution in [-0.2, 0) is 9.53 Å². The van der Waals surface area contributed by atoms with Gasteiger partial charge in [-0.3, -0.25) is 0 Å². The molecule has 0 amide bonds. The molecule has 0 N–H and O–H groups in total. The van der Waals surface area contributed by atoms with Gasteiger partial charge in [0.2, 0.25) is 0 Å². The molecule has 1 aromatic carbocycles. The van der Waals surface area contributed by atoms with Crippen molar-refractivity contribution >= 4 is 5.97 Å². The number of hydrogen-bond donors (Lipinski definition) is 0. The lowest BCUT2D eigenvalue weighted by molar-refractivity contribution is -0.143. The first-order chi connectivity index (χ1) is 7.16. The summed E-state index contributed by atoms with van der Waals surface area (Å²) in [7, 11) is 0. The van der Waals surface area contributed by atoms with E-state index in [2.05, 4.69) is 0 Å². The molecule has 1 atom stereocenters. The Morgan fingerprint density at radius 1 is 1.53 bits per heavy atom. The van der Waals surface area contributed by atoms with Gasteiger partial charge in [0, 0.05) is 6.42 Å². The lowest BCUT2D eigenvalue weighted by atomic mass is 10.2. The zero-order valence-corrected chi connectivity index (χ0v) is 8.33. The van der Waals surface area contributed by atoms with Gasteiger partial charge >= 0.3 is 5.97 Å². The van der Waals surface area contributed by atoms with Crippen LogP contribution in [0.5, 0.6) is 5.75 Å². The van der Waals surface area contributed by atoms with Crippen LogP contribution in [0, 0.1) is 12.7 Å². The molecule has 1 saturated heterocycles. The Hall–Kier alpha value is -1.58. The lowest BCUT2D eigenvalue weighted by Gasteiger charge is -2.10. The molecule has 0 aliphatic carbocycles. The second-order valence-electron chi connectivity index (χ2n) is 3.50. The average molecular weight is 210 g/mol. The van der Waals surface area contributed by atoms with E-state index in [0.29, 0.717) is 13.0 Å². The molecule has 0 aromatic heterocycles. The quantitative estimate of drug-likeness (QED) is 0.698. The maximum atomic E-state index is 13.4. The van der Waals surface area contributed by atoms with Crippen molar-refractivity contribution in [2.45, 2.75) is 19.4 Å². The van der Waals surface area contributed by atoms with Gasteiger partial charge in [0.15, 0.2) is 17.7 Å². The van der Waals surface area contributed by atoms with Gasteiger partial charge in [0.25, 0.3) is 0 Å². The zero-order chi connectivity index (χ0) is 10.8. The van der Waals surface area contributed by atoms with E-state index in [1.165, 1.54) is 12.1 Å². The highest BCUT2D eigenvalue weighted by atomic mass is 19.1. The number of aryl methyl sites for hydroxylation is 1. The number of cyclic esters (lactones) is 1. The summed E-state index contributed by atoms with van der Waals surface area (Å²) in [6, 6.07) is 4.63. The van der Waals surface area contributed by atoms with Crippen molar-refractivity contribution in [2.24, 2.45) is 0 Å². The minimum atomic E-state index is -0.665. The highest BCUT2D eigenvalue weighted by Crippen LogP contribution is 2.22. The van der Waals surface area contributed by atoms with Crippen LogP contribution in [0.1, 0.15) is 12.0 Å². The summed E-state index contributed by atoms with van der Waals surface area (Å²) in [4.78, 5) is 11.1. The van der Waals surface area contributed by atoms with Crippen LogP contribution in [0.25, 0.3) is 0 Å². The van der Waals surface area contributed by atoms with E-state index in [-0.39, 0.29) is 5.75 Å². The fourth-order valence-electron chi connectivity index (χ4n) is 1.44. The molecule has 1 fully saturated rings. The molecule has 3 nitrogen and oxygen atoms in total. The second kappa shape index (κ2) is 3.88. The second-order valence-corrected chi connectivity index (χ2v) is 3.50. The van der Waals surface area contributed by atoms with Crippen LogP contribution < -0.4 is 4.74 Å². The van der Waals surface area contributed by atoms with Crippen LogP contribution in [-0.4, -0.2) is 18.7 Å². The molecule has 1 aliphatic rings. The van der Waals surface area contributed by atoms with Crippen LogP contribution in [0.15, 0.2) is 18.2 Å². The van der Waals surface area contributed by atoms with E-state index in [0.717, 1.165) is 5.56 Å². The first-order valence-corrected chi connectivity index (χ1v) is 4.76. The predicted molar refractivity (Wildman–Crippen MR) is 51.1 cm³/mol. The number of halogens is 1. The van der Waals surface area contributed by atoms with Crippen LogP contribution in [0.3, 0.4) is 0 Å². The molecule has 0 bridgehead atoms. The van der Waals surface area contributed by atoms with Gasteiger partial charge in [0.05, 0.1) is 6.61 Å². The van der Waals surface area contributed by atoms with Gasteiger partial charge < -0.3 is 9.47 Å². The van der Waals surface area contributed by atoms with E-state index in [1.54, 1.807) is 13.0 Å². The molecule has 0 radical (unpaired) electrons. The third kappa shape index (κ3) is 2.09. The Morgan fingerprint density at radius 3 is 2.93 bits per heavy atom. The first-order valence-electron chi connectivity index (χ1n) is 4.76. The monoisotopic (exact) mass is 210 g/mol. The molecule has 1 aliphatic heterocycles. The summed E-state index contributed by atoms with van der Waals surface area (Å²) in [5.74, 6) is -0.769. The molecule has 0 spiro atoms. The van der Waals surface area contributed by atoms with Crippen LogP contribution in [0.4, 0.5) is 4.39 Å². The Kier molecular flexibility index (Phi) is 2.58. The third-order valence-electron chi connectivity index (χ3n) is 2.24. The molecule has 80 valence electrons. The maximum absolute atomic E-state index is 13.4. The highest BCUT2D eigenvalue weighted by Gasteiger charge is 2.29. The van der Waals surface area contributed by atoms with Crippen LogP contribution >= 0.6 is 0 Å². The number of hydrogen-bond acceptors (Lipinski definition) is 3. The summed E-state index contributed by atoms with van der Waals surface area (Å²) in [5, 5.41) is 0. The van der Waals surface area contributed by atoms with Gasteiger partial charge in [-0.2, -0.15) is 0 Å². The smallest absolute Gasteiger partial charge is 0.347 e. The van der Waals surface area contributed by atoms with E-state index >= 15 is 0 Å². The number of carbonyl (C=O) groups excluding carboxylic acids is 1. The molecule has 0 saturated carbocycles. The molecule has 4 heteroatoms. The Morgan fingerprint density at radius 2 is 2.33 bits per heavy atom. The first kappa shape index (κ1) is 9.96. The predicted octanol–water partition coefficient (Wildman–Crippen LogP) is 1.83. The Labute approximate surface area is 86.8 Å². The molecule has 15 heavy (non-hydrogen) atoms. The molecular weight excluding hydrogens is 199 g/mol. The Bertz CT molecular complexity index is 389. The lowest BCUT2D eigenvalue weighted by Crippen LogP contribution is -2.22. The van der Waals surface area contributed by atoms with Crippen LogP contribution in [0.2, 0.25) is 0 Å². The standard InChI is InChI=1S/C11H11FO3/c1-7-2-3-9(8(12)6-7)15-10-4-5-14-11(10)13/h2-3,6,10H,4-5H2,1H3. The minimum Gasteiger partial charge on any atom is -0.476 e. The number of esters is 1. The summed E-state index contributed by atoms with van der Waals surface area (Å²) in [6.07, 6.45) is -0.186. The van der Waals surface area contributed by atoms with Crippen molar-refractivity contribution in [1.29, 1.82) is 0 Å². The average Bonchev–Trinajstić information content (AvgIpc) is 2.57. The Balaban J connectivity index is 2.13. The van der Waals surface area contributed by atoms with Crippen molar-refractivity contribution in [2.75, 3.05) is 6.61 Å². The van der Waals surface area contributed by atoms with E-state index in [4.69, 9.17) is 9.47 Å². The molecule has 2 rings (SSSR count). The van der Waals surface area contributed by atoms with Gasteiger partial charge in [-0.15, -0.1) is 0 Å². The fraction of sp³-hybridized carbons (Fsp3) is 0.364. The molecular formula is C11H11FO3. The summed E-state index contributed by atoms with van der Waals surface area (Å²) in [6.45, 7) is 2.13. The maximum Gasteiger partial charge on any atom is 0.347 e. The largest absolute Gasteiger partial charge is 0.476 e. The topological polar surface area (TPSA) is 35.5 Å². The van der Waals surface area contributed by atoms with Gasteiger partial charge in [-0.25, -0.2) is 9.18 Å². The van der Waals surface area contributed by atoms with Crippen molar-refractivity contribution in [3.63, 3.8) is 0 Å². The van der Waals surface area contributed by atoms with Crippen molar-refractivity contribution in [3.8, 4) is 5.75 Å². The zero-order valence-electron chi connectivity index (χ0n) is 8.33. The fourth-order valence-corrected chi connectivity index (χ4v) is 1.44. The van der Waals surface area contributed by atoms with Crippen molar-refractivity contribution < 1.29 is 18.7 Å². The van der Waals surface area contributed by atoms with Gasteiger partial charge in [-0.05, 0) is 24.6 Å². The number of carbonyl (C=O) groups is 1. The minimum absolute atomic E-state index is 0.101. The van der Waals surface area contributed by atoms with E-state index < -0.39 is 17.9 Å². The molecule has 1 unspecified atom stereocenters. The highest BCUT2D eigenvalue weighted by molar-refractivity contribution is 5.76. The normalized spacial score (nSPS) is 20.1. The molecule has 1 heterocycles. The number of rotatable bonds is 2. The summed E-state index contributed by atoms with van der Waals surface area (Å²) < 4.78 is 23.3. The van der Waals surface area contributed by atoms with Crippen molar-refractivity contribution in [1.82, 2.24) is 0 Å². The third-order valence-corrected chi connectivity index (χ3v) is 2.24. The van der Waals surface area contributed by atoms with Gasteiger partial charge in [-0.1, -0.05) is 6.07 Å². The van der Waals surface area contributed by atoms with E-state index in [9.17, 15) is 9.18 Å². The molecule has 1 aromatic rings. The number of ether oxygens (including phenoxy) is 2. The van der Waals surface area contributed by atoms with Crippen molar-refractivity contribution in [3.05, 3.63) is 29.6 Å². The summed E-state index contributed by atoms with van der Waals surface area (Å²) in [5.41, 5.74) is 0.814.